The van der Waals surface area contributed by atoms with Crippen LogP contribution in [0.1, 0.15) is 22.6 Å². The predicted octanol–water partition coefficient (Wildman–Crippen LogP) is 4.38. The van der Waals surface area contributed by atoms with Gasteiger partial charge in [-0.15, -0.1) is 0 Å². The van der Waals surface area contributed by atoms with Crippen LogP contribution < -0.4 is 10.1 Å². The van der Waals surface area contributed by atoms with Gasteiger partial charge in [-0.3, -0.25) is 4.79 Å². The van der Waals surface area contributed by atoms with E-state index in [0.717, 1.165) is 16.7 Å². The van der Waals surface area contributed by atoms with Crippen molar-refractivity contribution in [2.45, 2.75) is 18.4 Å². The molecule has 6 heteroatoms. The van der Waals surface area contributed by atoms with Gasteiger partial charge >= 0.3 is 5.97 Å². The van der Waals surface area contributed by atoms with Crippen LogP contribution in [0, 0.1) is 0 Å². The summed E-state index contributed by atoms with van der Waals surface area (Å²) in [4.78, 5) is 25.8. The molecule has 0 saturated heterocycles. The average Bonchev–Trinajstić information content (AvgIpc) is 2.80. The number of hydrogen-bond donors (Lipinski definition) is 1. The summed E-state index contributed by atoms with van der Waals surface area (Å²) in [5.74, 6) is -0.834. The van der Waals surface area contributed by atoms with Crippen molar-refractivity contribution in [3.8, 4) is 5.75 Å². The Morgan fingerprint density at radius 2 is 1.48 bits per heavy atom. The second-order valence-electron chi connectivity index (χ2n) is 7.01. The number of methoxy groups -OCH3 is 2. The Hall–Kier alpha value is -3.31. The van der Waals surface area contributed by atoms with Crippen molar-refractivity contribution in [1.82, 2.24) is 5.32 Å². The van der Waals surface area contributed by atoms with E-state index in [-0.39, 0.29) is 12.3 Å². The number of amides is 1. The first-order chi connectivity index (χ1) is 15.0. The molecule has 0 unspecified atom stereocenters. The van der Waals surface area contributed by atoms with E-state index < -0.39 is 17.9 Å². The first kappa shape index (κ1) is 22.4. The topological polar surface area (TPSA) is 64.6 Å². The van der Waals surface area contributed by atoms with Crippen molar-refractivity contribution >= 4 is 23.5 Å². The van der Waals surface area contributed by atoms with E-state index >= 15 is 0 Å². The van der Waals surface area contributed by atoms with E-state index in [4.69, 9.17) is 21.1 Å². The third-order valence-corrected chi connectivity index (χ3v) is 5.28. The summed E-state index contributed by atoms with van der Waals surface area (Å²) in [5, 5.41) is 3.31. The van der Waals surface area contributed by atoms with Crippen LogP contribution in [0.4, 0.5) is 0 Å². The highest BCUT2D eigenvalue weighted by Gasteiger charge is 2.28. The maximum absolute atomic E-state index is 13.4. The Balaban J connectivity index is 1.87. The largest absolute Gasteiger partial charge is 0.495 e. The standard InChI is InChI=1S/C25H24ClNO4/c1-30-22-14-13-17(15-20(22)26)16-21(25(29)31-2)27-24(28)23(18-9-5-3-6-10-18)19-11-7-4-8-12-19/h3-15,21,23H,16H2,1-2H3,(H,27,28)/t21-/m1/s1. The van der Waals surface area contributed by atoms with Gasteiger partial charge in [0.05, 0.1) is 25.2 Å². The van der Waals surface area contributed by atoms with E-state index in [1.807, 2.05) is 60.7 Å². The Morgan fingerprint density at radius 1 is 0.903 bits per heavy atom. The molecule has 0 bridgehead atoms. The highest BCUT2D eigenvalue weighted by Crippen LogP contribution is 2.27. The van der Waals surface area contributed by atoms with Crippen LogP contribution in [-0.2, 0) is 20.7 Å². The van der Waals surface area contributed by atoms with Gasteiger partial charge in [-0.05, 0) is 28.8 Å². The molecule has 0 aliphatic heterocycles. The number of carbonyl (C=O) groups excluding carboxylic acids is 2. The van der Waals surface area contributed by atoms with Crippen molar-refractivity contribution in [3.63, 3.8) is 0 Å². The molecule has 0 aliphatic carbocycles. The van der Waals surface area contributed by atoms with Gasteiger partial charge in [-0.25, -0.2) is 4.79 Å². The summed E-state index contributed by atoms with van der Waals surface area (Å²) >= 11 is 6.21. The van der Waals surface area contributed by atoms with Crippen LogP contribution in [0.5, 0.6) is 5.75 Å². The molecule has 3 rings (SSSR count). The van der Waals surface area contributed by atoms with E-state index in [1.165, 1.54) is 14.2 Å². The van der Waals surface area contributed by atoms with Crippen molar-refractivity contribution in [2.24, 2.45) is 0 Å². The van der Waals surface area contributed by atoms with Crippen LogP contribution in [-0.4, -0.2) is 32.1 Å². The molecule has 1 N–H and O–H groups in total. The summed E-state index contributed by atoms with van der Waals surface area (Å²) < 4.78 is 10.1. The monoisotopic (exact) mass is 437 g/mol. The average molecular weight is 438 g/mol. The maximum Gasteiger partial charge on any atom is 0.328 e. The lowest BCUT2D eigenvalue weighted by Crippen LogP contribution is -2.45. The number of rotatable bonds is 8. The number of hydrogen-bond acceptors (Lipinski definition) is 4. The molecule has 0 aromatic heterocycles. The van der Waals surface area contributed by atoms with E-state index in [1.54, 1.807) is 18.2 Å². The SMILES string of the molecule is COC(=O)[C@@H](Cc1ccc(OC)c(Cl)c1)NC(=O)C(c1ccccc1)c1ccccc1. The number of benzene rings is 3. The molecule has 3 aromatic carbocycles. The Kier molecular flexibility index (Phi) is 7.68. The van der Waals surface area contributed by atoms with Crippen LogP contribution in [0.2, 0.25) is 5.02 Å². The lowest BCUT2D eigenvalue weighted by atomic mass is 9.90. The van der Waals surface area contributed by atoms with Crippen LogP contribution in [0.3, 0.4) is 0 Å². The lowest BCUT2D eigenvalue weighted by molar-refractivity contribution is -0.145. The van der Waals surface area contributed by atoms with Gasteiger partial charge in [0.15, 0.2) is 0 Å². The van der Waals surface area contributed by atoms with Gasteiger partial charge in [-0.1, -0.05) is 78.3 Å². The highest BCUT2D eigenvalue weighted by molar-refractivity contribution is 6.32. The fraction of sp³-hybridized carbons (Fsp3) is 0.200. The normalized spacial score (nSPS) is 11.6. The van der Waals surface area contributed by atoms with E-state index in [9.17, 15) is 9.59 Å². The van der Waals surface area contributed by atoms with Crippen LogP contribution in [0.15, 0.2) is 78.9 Å². The molecule has 0 saturated carbocycles. The Bertz CT molecular complexity index is 985. The molecule has 0 spiro atoms. The van der Waals surface area contributed by atoms with Crippen LogP contribution in [0.25, 0.3) is 0 Å². The number of halogens is 1. The molecular weight excluding hydrogens is 414 g/mol. The summed E-state index contributed by atoms with van der Waals surface area (Å²) in [6.07, 6.45) is 0.235. The molecule has 3 aromatic rings. The molecule has 31 heavy (non-hydrogen) atoms. The fourth-order valence-electron chi connectivity index (χ4n) is 3.45. The first-order valence-corrected chi connectivity index (χ1v) is 10.2. The zero-order valence-electron chi connectivity index (χ0n) is 17.4. The maximum atomic E-state index is 13.4. The predicted molar refractivity (Wildman–Crippen MR) is 120 cm³/mol. The minimum atomic E-state index is -0.864. The fourth-order valence-corrected chi connectivity index (χ4v) is 3.73. The van der Waals surface area contributed by atoms with Gasteiger partial charge in [0.1, 0.15) is 11.8 Å². The molecule has 5 nitrogen and oxygen atoms in total. The highest BCUT2D eigenvalue weighted by atomic mass is 35.5. The van der Waals surface area contributed by atoms with Crippen molar-refractivity contribution in [3.05, 3.63) is 101 Å². The molecule has 0 fully saturated rings. The first-order valence-electron chi connectivity index (χ1n) is 9.84. The molecule has 0 aliphatic rings. The van der Waals surface area contributed by atoms with Gasteiger partial charge in [0.2, 0.25) is 5.91 Å². The van der Waals surface area contributed by atoms with Gasteiger partial charge in [0.25, 0.3) is 0 Å². The van der Waals surface area contributed by atoms with Crippen LogP contribution >= 0.6 is 11.6 Å². The third-order valence-electron chi connectivity index (χ3n) is 4.99. The molecule has 1 atom stereocenters. The third kappa shape index (κ3) is 5.64. The van der Waals surface area contributed by atoms with E-state index in [0.29, 0.717) is 10.8 Å². The summed E-state index contributed by atoms with van der Waals surface area (Å²) in [7, 11) is 2.83. The van der Waals surface area contributed by atoms with Gasteiger partial charge < -0.3 is 14.8 Å². The molecular formula is C25H24ClNO4. The number of nitrogens with one attached hydrogen (secondary N) is 1. The van der Waals surface area contributed by atoms with Gasteiger partial charge in [-0.2, -0.15) is 0 Å². The second-order valence-corrected chi connectivity index (χ2v) is 7.42. The van der Waals surface area contributed by atoms with Crippen molar-refractivity contribution in [1.29, 1.82) is 0 Å². The lowest BCUT2D eigenvalue weighted by Gasteiger charge is -2.22. The number of carbonyl (C=O) groups is 2. The van der Waals surface area contributed by atoms with Gasteiger partial charge in [0, 0.05) is 6.42 Å². The van der Waals surface area contributed by atoms with Crippen molar-refractivity contribution in [2.75, 3.05) is 14.2 Å². The Labute approximate surface area is 187 Å². The zero-order chi connectivity index (χ0) is 22.2. The Morgan fingerprint density at radius 3 is 1.97 bits per heavy atom. The second kappa shape index (κ2) is 10.6. The number of ether oxygens (including phenoxy) is 2. The molecule has 0 radical (unpaired) electrons. The zero-order valence-corrected chi connectivity index (χ0v) is 18.1. The number of esters is 1. The summed E-state index contributed by atoms with van der Waals surface area (Å²) in [5.41, 5.74) is 2.45. The molecule has 1 amide bonds. The minimum Gasteiger partial charge on any atom is -0.495 e. The minimum absolute atomic E-state index is 0.235. The molecule has 160 valence electrons. The smallest absolute Gasteiger partial charge is 0.328 e. The van der Waals surface area contributed by atoms with Crippen molar-refractivity contribution < 1.29 is 19.1 Å². The molecule has 0 heterocycles. The quantitative estimate of drug-likeness (QED) is 0.531. The summed E-state index contributed by atoms with van der Waals surface area (Å²) in [6.45, 7) is 0. The van der Waals surface area contributed by atoms with E-state index in [2.05, 4.69) is 5.32 Å². The summed E-state index contributed by atoms with van der Waals surface area (Å²) in [6, 6.07) is 23.3.